The lowest BCUT2D eigenvalue weighted by molar-refractivity contribution is 0.402. The smallest absolute Gasteiger partial charge is 0.157 e. The number of benzene rings is 4. The van der Waals surface area contributed by atoms with Crippen LogP contribution >= 0.6 is 0 Å². The Morgan fingerprint density at radius 1 is 0.483 bits per heavy atom. The molecule has 0 amide bonds. The second-order valence-electron chi connectivity index (χ2n) is 7.19. The Bertz CT molecular complexity index is 1040. The molecule has 0 aliphatic rings. The van der Waals surface area contributed by atoms with Crippen molar-refractivity contribution < 1.29 is 15.3 Å². The Kier molecular flexibility index (Phi) is 4.73. The molecule has 0 spiro atoms. The molecule has 144 valence electrons. The Labute approximate surface area is 170 Å². The van der Waals surface area contributed by atoms with Gasteiger partial charge in [0.2, 0.25) is 0 Å². The van der Waals surface area contributed by atoms with E-state index in [4.69, 9.17) is 0 Å². The van der Waals surface area contributed by atoms with Gasteiger partial charge in [-0.2, -0.15) is 0 Å². The maximum absolute atomic E-state index is 10.5. The van der Waals surface area contributed by atoms with Gasteiger partial charge in [0.15, 0.2) is 11.5 Å². The van der Waals surface area contributed by atoms with Gasteiger partial charge in [-0.3, -0.25) is 0 Å². The van der Waals surface area contributed by atoms with Crippen LogP contribution in [0.1, 0.15) is 27.8 Å². The Balaban J connectivity index is 2.16. The van der Waals surface area contributed by atoms with Crippen molar-refractivity contribution in [3.63, 3.8) is 0 Å². The Hall–Kier alpha value is -3.72. The number of rotatable bonds is 4. The topological polar surface area (TPSA) is 60.7 Å². The minimum absolute atomic E-state index is 0.171. The molecule has 0 aliphatic heterocycles. The molecule has 0 saturated carbocycles. The average molecular weight is 382 g/mol. The van der Waals surface area contributed by atoms with Crippen LogP contribution in [0.15, 0.2) is 97.1 Å². The fraction of sp³-hybridized carbons (Fsp3) is 0.0769. The molecule has 29 heavy (non-hydrogen) atoms. The number of aromatic hydroxyl groups is 3. The number of hydrogen-bond acceptors (Lipinski definition) is 3. The normalized spacial score (nSPS) is 11.3. The molecule has 0 unspecified atom stereocenters. The second kappa shape index (κ2) is 7.36. The summed E-state index contributed by atoms with van der Waals surface area (Å²) in [6, 6.07) is 30.5. The molecule has 0 atom stereocenters. The molecule has 3 nitrogen and oxygen atoms in total. The van der Waals surface area contributed by atoms with Crippen molar-refractivity contribution in [2.75, 3.05) is 0 Å². The summed E-state index contributed by atoms with van der Waals surface area (Å²) in [6.07, 6.45) is 0. The lowest BCUT2D eigenvalue weighted by atomic mass is 9.65. The third-order valence-corrected chi connectivity index (χ3v) is 5.46. The van der Waals surface area contributed by atoms with E-state index in [-0.39, 0.29) is 17.2 Å². The van der Waals surface area contributed by atoms with Crippen molar-refractivity contribution in [2.45, 2.75) is 12.3 Å². The fourth-order valence-electron chi connectivity index (χ4n) is 3.98. The van der Waals surface area contributed by atoms with Crippen LogP contribution in [-0.2, 0) is 5.41 Å². The minimum atomic E-state index is -0.793. The van der Waals surface area contributed by atoms with Crippen LogP contribution in [0.5, 0.6) is 17.2 Å². The van der Waals surface area contributed by atoms with Gasteiger partial charge in [0.25, 0.3) is 0 Å². The lowest BCUT2D eigenvalue weighted by Crippen LogP contribution is -2.31. The standard InChI is InChI=1S/C26H22O3/c1-18-12-13-21(16-24(18)28)26(19-8-4-2-5-9-19,20-10-6-3-7-11-20)22-14-15-23(27)25(29)17-22/h2-17,27-29H,1H3. The number of aryl methyl sites for hydroxylation is 1. The first-order chi connectivity index (χ1) is 14.0. The first-order valence-electron chi connectivity index (χ1n) is 9.47. The zero-order valence-electron chi connectivity index (χ0n) is 16.1. The molecular weight excluding hydrogens is 360 g/mol. The molecule has 0 bridgehead atoms. The van der Waals surface area contributed by atoms with Gasteiger partial charge in [-0.1, -0.05) is 78.9 Å². The number of hydrogen-bond donors (Lipinski definition) is 3. The van der Waals surface area contributed by atoms with Gasteiger partial charge in [-0.05, 0) is 52.9 Å². The number of phenols is 3. The zero-order valence-corrected chi connectivity index (χ0v) is 16.1. The van der Waals surface area contributed by atoms with Gasteiger partial charge < -0.3 is 15.3 Å². The van der Waals surface area contributed by atoms with Gasteiger partial charge in [0, 0.05) is 0 Å². The highest BCUT2D eigenvalue weighted by Crippen LogP contribution is 2.47. The van der Waals surface area contributed by atoms with Crippen molar-refractivity contribution in [1.82, 2.24) is 0 Å². The summed E-state index contributed by atoms with van der Waals surface area (Å²) in [5.41, 5.74) is 3.62. The maximum atomic E-state index is 10.5. The number of phenolic OH excluding ortho intramolecular Hbond substituents is 3. The lowest BCUT2D eigenvalue weighted by Gasteiger charge is -2.37. The first-order valence-corrected chi connectivity index (χ1v) is 9.47. The molecule has 0 fully saturated rings. The highest BCUT2D eigenvalue weighted by atomic mass is 16.3. The van der Waals surface area contributed by atoms with Gasteiger partial charge >= 0.3 is 0 Å². The third kappa shape index (κ3) is 3.11. The Morgan fingerprint density at radius 3 is 1.45 bits per heavy atom. The van der Waals surface area contributed by atoms with Crippen LogP contribution < -0.4 is 0 Å². The van der Waals surface area contributed by atoms with E-state index in [9.17, 15) is 15.3 Å². The van der Waals surface area contributed by atoms with E-state index in [1.165, 1.54) is 6.07 Å². The summed E-state index contributed by atoms with van der Waals surface area (Å²) in [5.74, 6) is -0.146. The molecule has 0 aliphatic carbocycles. The average Bonchev–Trinajstić information content (AvgIpc) is 2.75. The van der Waals surface area contributed by atoms with E-state index in [0.717, 1.165) is 27.8 Å². The minimum Gasteiger partial charge on any atom is -0.508 e. The molecule has 4 aromatic carbocycles. The highest BCUT2D eigenvalue weighted by molar-refractivity contribution is 5.62. The van der Waals surface area contributed by atoms with Crippen LogP contribution in [0.25, 0.3) is 0 Å². The molecule has 4 aromatic rings. The van der Waals surface area contributed by atoms with Crippen LogP contribution in [0, 0.1) is 6.92 Å². The van der Waals surface area contributed by atoms with E-state index in [1.54, 1.807) is 12.1 Å². The van der Waals surface area contributed by atoms with Crippen molar-refractivity contribution >= 4 is 0 Å². The predicted octanol–water partition coefficient (Wildman–Crippen LogP) is 5.49. The van der Waals surface area contributed by atoms with Gasteiger partial charge in [0.05, 0.1) is 5.41 Å². The molecule has 3 heteroatoms. The van der Waals surface area contributed by atoms with Crippen LogP contribution in [-0.4, -0.2) is 15.3 Å². The van der Waals surface area contributed by atoms with E-state index in [1.807, 2.05) is 85.8 Å². The second-order valence-corrected chi connectivity index (χ2v) is 7.19. The van der Waals surface area contributed by atoms with Gasteiger partial charge in [-0.25, -0.2) is 0 Å². The Morgan fingerprint density at radius 2 is 0.966 bits per heavy atom. The zero-order chi connectivity index (χ0) is 20.4. The van der Waals surface area contributed by atoms with E-state index in [0.29, 0.717) is 0 Å². The van der Waals surface area contributed by atoms with E-state index in [2.05, 4.69) is 0 Å². The maximum Gasteiger partial charge on any atom is 0.157 e. The van der Waals surface area contributed by atoms with Crippen molar-refractivity contribution in [3.05, 3.63) is 125 Å². The fourth-order valence-corrected chi connectivity index (χ4v) is 3.98. The highest BCUT2D eigenvalue weighted by Gasteiger charge is 2.39. The molecule has 0 radical (unpaired) electrons. The summed E-state index contributed by atoms with van der Waals surface area (Å²) in [4.78, 5) is 0. The monoisotopic (exact) mass is 382 g/mol. The molecule has 3 N–H and O–H groups in total. The summed E-state index contributed by atoms with van der Waals surface area (Å²) < 4.78 is 0. The van der Waals surface area contributed by atoms with Crippen LogP contribution in [0.2, 0.25) is 0 Å². The molecule has 0 saturated heterocycles. The summed E-state index contributed by atoms with van der Waals surface area (Å²) >= 11 is 0. The van der Waals surface area contributed by atoms with Crippen molar-refractivity contribution in [2.24, 2.45) is 0 Å². The van der Waals surface area contributed by atoms with Gasteiger partial charge in [0.1, 0.15) is 5.75 Å². The van der Waals surface area contributed by atoms with E-state index < -0.39 is 5.41 Å². The quantitative estimate of drug-likeness (QED) is 0.323. The van der Waals surface area contributed by atoms with Crippen molar-refractivity contribution in [1.29, 1.82) is 0 Å². The first kappa shape index (κ1) is 18.6. The summed E-state index contributed by atoms with van der Waals surface area (Å²) in [6.45, 7) is 1.86. The van der Waals surface area contributed by atoms with E-state index >= 15 is 0 Å². The molecule has 0 aromatic heterocycles. The molecular formula is C26H22O3. The predicted molar refractivity (Wildman–Crippen MR) is 114 cm³/mol. The van der Waals surface area contributed by atoms with Crippen LogP contribution in [0.3, 0.4) is 0 Å². The van der Waals surface area contributed by atoms with Crippen molar-refractivity contribution in [3.8, 4) is 17.2 Å². The summed E-state index contributed by atoms with van der Waals surface area (Å²) in [5, 5.41) is 30.7. The molecule has 4 rings (SSSR count). The van der Waals surface area contributed by atoms with Gasteiger partial charge in [-0.15, -0.1) is 0 Å². The molecule has 0 heterocycles. The SMILES string of the molecule is Cc1ccc(C(c2ccccc2)(c2ccccc2)c2ccc(O)c(O)c2)cc1O. The summed E-state index contributed by atoms with van der Waals surface area (Å²) in [7, 11) is 0. The largest absolute Gasteiger partial charge is 0.508 e. The third-order valence-electron chi connectivity index (χ3n) is 5.46. The van der Waals surface area contributed by atoms with Crippen LogP contribution in [0.4, 0.5) is 0 Å².